The molecule has 2 N–H and O–H groups in total. The number of hydrogen-bond acceptors (Lipinski definition) is 4. The lowest BCUT2D eigenvalue weighted by Gasteiger charge is -2.10. The van der Waals surface area contributed by atoms with Crippen LogP contribution in [-0.4, -0.2) is 28.0 Å². The van der Waals surface area contributed by atoms with Crippen molar-refractivity contribution in [3.63, 3.8) is 0 Å². The molecule has 0 fully saturated rings. The van der Waals surface area contributed by atoms with Crippen molar-refractivity contribution in [3.05, 3.63) is 60.4 Å². The van der Waals surface area contributed by atoms with Crippen molar-refractivity contribution in [3.8, 4) is 5.75 Å². The van der Waals surface area contributed by atoms with Crippen molar-refractivity contribution in [1.82, 2.24) is 20.4 Å². The fourth-order valence-corrected chi connectivity index (χ4v) is 2.49. The molecule has 0 radical (unpaired) electrons. The molecule has 2 amide bonds. The molecule has 0 atom stereocenters. The van der Waals surface area contributed by atoms with Crippen LogP contribution in [0.1, 0.15) is 24.2 Å². The van der Waals surface area contributed by atoms with E-state index in [-0.39, 0.29) is 24.9 Å². The van der Waals surface area contributed by atoms with E-state index in [4.69, 9.17) is 4.74 Å². The lowest BCUT2D eigenvalue weighted by Crippen LogP contribution is -2.43. The van der Waals surface area contributed by atoms with Gasteiger partial charge in [0.15, 0.2) is 0 Å². The van der Waals surface area contributed by atoms with Crippen LogP contribution >= 0.6 is 12.4 Å². The van der Waals surface area contributed by atoms with Gasteiger partial charge in [-0.2, -0.15) is 0 Å². The predicted molar refractivity (Wildman–Crippen MR) is 109 cm³/mol. The maximum Gasteiger partial charge on any atom is 0.269 e. The van der Waals surface area contributed by atoms with E-state index in [0.717, 1.165) is 11.0 Å². The Bertz CT molecular complexity index is 938. The molecule has 0 spiro atoms. The molecule has 1 aromatic heterocycles. The number of nitrogens with zero attached hydrogens (tertiary/aromatic N) is 2. The highest BCUT2D eigenvalue weighted by atomic mass is 35.5. The van der Waals surface area contributed by atoms with Crippen LogP contribution in [0.5, 0.6) is 5.75 Å². The molecule has 0 aliphatic rings. The molecule has 0 saturated carbocycles. The van der Waals surface area contributed by atoms with Crippen molar-refractivity contribution < 1.29 is 14.3 Å². The van der Waals surface area contributed by atoms with E-state index >= 15 is 0 Å². The van der Waals surface area contributed by atoms with Crippen molar-refractivity contribution >= 4 is 35.3 Å². The van der Waals surface area contributed by atoms with Gasteiger partial charge < -0.3 is 9.30 Å². The standard InChI is InChI=1S/C20H22N4O3.ClH/c1-14(2)12-27-16-9-7-15(8-10-16)20(26)23-22-19(25)11-24-13-21-17-5-3-4-6-18(17)24;/h3-10,13-14H,11-12H2,1-2H3,(H,22,25)(H,23,26);1H. The van der Waals surface area contributed by atoms with Gasteiger partial charge in [-0.1, -0.05) is 26.0 Å². The lowest BCUT2D eigenvalue weighted by atomic mass is 10.2. The SMILES string of the molecule is CC(C)COc1ccc(C(=O)NNC(=O)Cn2cnc3ccccc32)cc1.Cl. The Morgan fingerprint density at radius 3 is 2.50 bits per heavy atom. The van der Waals surface area contributed by atoms with E-state index in [1.54, 1.807) is 35.2 Å². The highest BCUT2D eigenvalue weighted by Gasteiger charge is 2.10. The highest BCUT2D eigenvalue weighted by molar-refractivity contribution is 5.95. The summed E-state index contributed by atoms with van der Waals surface area (Å²) >= 11 is 0. The summed E-state index contributed by atoms with van der Waals surface area (Å²) in [6, 6.07) is 14.3. The van der Waals surface area contributed by atoms with E-state index in [2.05, 4.69) is 29.7 Å². The molecule has 0 unspecified atom stereocenters. The normalized spacial score (nSPS) is 10.4. The first-order chi connectivity index (χ1) is 13.0. The number of rotatable bonds is 6. The number of fused-ring (bicyclic) bond motifs is 1. The number of carbonyl (C=O) groups excluding carboxylic acids is 2. The minimum absolute atomic E-state index is 0. The topological polar surface area (TPSA) is 85.3 Å². The molecular formula is C20H23ClN4O3. The van der Waals surface area contributed by atoms with Gasteiger partial charge in [0.25, 0.3) is 11.8 Å². The first-order valence-corrected chi connectivity index (χ1v) is 8.75. The molecule has 148 valence electrons. The number of para-hydroxylation sites is 2. The summed E-state index contributed by atoms with van der Waals surface area (Å²) in [6.45, 7) is 4.81. The van der Waals surface area contributed by atoms with Crippen molar-refractivity contribution in [2.75, 3.05) is 6.61 Å². The molecular weight excluding hydrogens is 380 g/mol. The van der Waals surface area contributed by atoms with Crippen LogP contribution in [-0.2, 0) is 11.3 Å². The Morgan fingerprint density at radius 1 is 1.07 bits per heavy atom. The van der Waals surface area contributed by atoms with Crippen LogP contribution in [0.4, 0.5) is 0 Å². The second kappa shape index (κ2) is 9.75. The van der Waals surface area contributed by atoms with E-state index in [9.17, 15) is 9.59 Å². The zero-order valence-electron chi connectivity index (χ0n) is 15.7. The van der Waals surface area contributed by atoms with Gasteiger partial charge in [-0.05, 0) is 42.3 Å². The molecule has 8 heteroatoms. The molecule has 1 heterocycles. The van der Waals surface area contributed by atoms with Crippen LogP contribution in [0.2, 0.25) is 0 Å². The van der Waals surface area contributed by atoms with E-state index < -0.39 is 5.91 Å². The quantitative estimate of drug-likeness (QED) is 0.621. The van der Waals surface area contributed by atoms with Gasteiger partial charge in [-0.15, -0.1) is 12.4 Å². The van der Waals surface area contributed by atoms with E-state index in [1.165, 1.54) is 0 Å². The van der Waals surface area contributed by atoms with Crippen molar-refractivity contribution in [2.45, 2.75) is 20.4 Å². The summed E-state index contributed by atoms with van der Waals surface area (Å²) in [5.74, 6) is 0.393. The minimum Gasteiger partial charge on any atom is -0.493 e. The maximum absolute atomic E-state index is 12.2. The van der Waals surface area contributed by atoms with Crippen LogP contribution in [0, 0.1) is 5.92 Å². The van der Waals surface area contributed by atoms with Crippen LogP contribution < -0.4 is 15.6 Å². The smallest absolute Gasteiger partial charge is 0.269 e. The minimum atomic E-state index is -0.394. The molecule has 0 bridgehead atoms. The highest BCUT2D eigenvalue weighted by Crippen LogP contribution is 2.13. The van der Waals surface area contributed by atoms with Crippen LogP contribution in [0.15, 0.2) is 54.9 Å². The van der Waals surface area contributed by atoms with Gasteiger partial charge in [0.05, 0.1) is 24.0 Å². The third-order valence-corrected chi connectivity index (χ3v) is 3.86. The van der Waals surface area contributed by atoms with Crippen molar-refractivity contribution in [1.29, 1.82) is 0 Å². The summed E-state index contributed by atoms with van der Waals surface area (Å²) in [6.07, 6.45) is 1.60. The van der Waals surface area contributed by atoms with E-state index in [0.29, 0.717) is 23.8 Å². The monoisotopic (exact) mass is 402 g/mol. The average molecular weight is 403 g/mol. The summed E-state index contributed by atoms with van der Waals surface area (Å²) < 4.78 is 7.30. The van der Waals surface area contributed by atoms with Gasteiger partial charge in [0, 0.05) is 5.56 Å². The molecule has 0 aliphatic carbocycles. The van der Waals surface area contributed by atoms with Gasteiger partial charge in [-0.25, -0.2) is 4.98 Å². The molecule has 0 saturated heterocycles. The number of ether oxygens (including phenoxy) is 1. The third-order valence-electron chi connectivity index (χ3n) is 3.86. The van der Waals surface area contributed by atoms with Crippen LogP contribution in [0.25, 0.3) is 11.0 Å². The summed E-state index contributed by atoms with van der Waals surface area (Å²) in [5, 5.41) is 0. The number of aromatic nitrogens is 2. The Hall–Kier alpha value is -3.06. The number of hydrogen-bond donors (Lipinski definition) is 2. The number of amides is 2. The summed E-state index contributed by atoms with van der Waals surface area (Å²) in [7, 11) is 0. The molecule has 3 rings (SSSR count). The molecule has 7 nitrogen and oxygen atoms in total. The molecule has 2 aromatic carbocycles. The first kappa shape index (κ1) is 21.2. The fourth-order valence-electron chi connectivity index (χ4n) is 2.49. The predicted octanol–water partition coefficient (Wildman–Crippen LogP) is 2.95. The molecule has 0 aliphatic heterocycles. The van der Waals surface area contributed by atoms with Gasteiger partial charge in [-0.3, -0.25) is 20.4 Å². The Balaban J connectivity index is 0.00000280. The fraction of sp³-hybridized carbons (Fsp3) is 0.250. The second-order valence-corrected chi connectivity index (χ2v) is 6.59. The van der Waals surface area contributed by atoms with Crippen molar-refractivity contribution in [2.24, 2.45) is 5.92 Å². The van der Waals surface area contributed by atoms with E-state index in [1.807, 2.05) is 24.3 Å². The summed E-state index contributed by atoms with van der Waals surface area (Å²) in [4.78, 5) is 28.5. The molecule has 28 heavy (non-hydrogen) atoms. The molecule has 3 aromatic rings. The largest absolute Gasteiger partial charge is 0.493 e. The second-order valence-electron chi connectivity index (χ2n) is 6.59. The zero-order chi connectivity index (χ0) is 19.2. The number of imidazole rings is 1. The number of carbonyl (C=O) groups is 2. The lowest BCUT2D eigenvalue weighted by molar-refractivity contribution is -0.122. The van der Waals surface area contributed by atoms with Gasteiger partial charge in [0.1, 0.15) is 12.3 Å². The third kappa shape index (κ3) is 5.47. The van der Waals surface area contributed by atoms with Gasteiger partial charge >= 0.3 is 0 Å². The number of nitrogens with one attached hydrogen (secondary N) is 2. The van der Waals surface area contributed by atoms with Crippen LogP contribution in [0.3, 0.4) is 0 Å². The first-order valence-electron chi connectivity index (χ1n) is 8.75. The number of benzene rings is 2. The van der Waals surface area contributed by atoms with Gasteiger partial charge in [0.2, 0.25) is 0 Å². The Kier molecular flexibility index (Phi) is 7.40. The maximum atomic E-state index is 12.2. The Labute approximate surface area is 169 Å². The number of hydrazine groups is 1. The average Bonchev–Trinajstić information content (AvgIpc) is 3.08. The summed E-state index contributed by atoms with van der Waals surface area (Å²) in [5.41, 5.74) is 6.94. The number of halogens is 1. The zero-order valence-corrected chi connectivity index (χ0v) is 16.5. The Morgan fingerprint density at radius 2 is 1.79 bits per heavy atom.